The molecule has 1 saturated heterocycles. The van der Waals surface area contributed by atoms with Crippen LogP contribution in [-0.4, -0.2) is 33.1 Å². The smallest absolute Gasteiger partial charge is 0.410 e. The number of imidazole rings is 1. The zero-order valence-corrected chi connectivity index (χ0v) is 17.6. The summed E-state index contributed by atoms with van der Waals surface area (Å²) in [5, 5.41) is 0. The van der Waals surface area contributed by atoms with Gasteiger partial charge in [-0.05, 0) is 63.3 Å². The van der Waals surface area contributed by atoms with E-state index < -0.39 is 5.60 Å². The summed E-state index contributed by atoms with van der Waals surface area (Å²) in [6, 6.07) is 7.72. The molecule has 0 aliphatic carbocycles. The van der Waals surface area contributed by atoms with Gasteiger partial charge in [0.1, 0.15) is 17.1 Å². The molecule has 0 bridgehead atoms. The number of aromatic nitrogens is 2. The van der Waals surface area contributed by atoms with Gasteiger partial charge in [0.2, 0.25) is 0 Å². The van der Waals surface area contributed by atoms with Gasteiger partial charge in [0.25, 0.3) is 0 Å². The van der Waals surface area contributed by atoms with Crippen LogP contribution in [0.25, 0.3) is 0 Å². The number of likely N-dealkylation sites (tertiary alicyclic amines) is 1. The number of carbonyl (C=O) groups is 1. The predicted molar refractivity (Wildman–Crippen MR) is 108 cm³/mol. The van der Waals surface area contributed by atoms with Crippen LogP contribution < -0.4 is 0 Å². The van der Waals surface area contributed by atoms with E-state index >= 15 is 0 Å². The van der Waals surface area contributed by atoms with Gasteiger partial charge in [-0.3, -0.25) is 4.90 Å². The van der Waals surface area contributed by atoms with E-state index in [1.54, 1.807) is 11.1 Å². The molecule has 6 heteroatoms. The van der Waals surface area contributed by atoms with E-state index in [9.17, 15) is 4.79 Å². The van der Waals surface area contributed by atoms with Gasteiger partial charge in [-0.2, -0.15) is 0 Å². The van der Waals surface area contributed by atoms with Crippen LogP contribution in [-0.2, 0) is 4.74 Å². The molecule has 27 heavy (non-hydrogen) atoms. The van der Waals surface area contributed by atoms with Crippen molar-refractivity contribution >= 4 is 22.0 Å². The number of hydrogen-bond acceptors (Lipinski definition) is 3. The number of H-pyrrole nitrogens is 1. The Morgan fingerprint density at radius 3 is 2.67 bits per heavy atom. The normalized spacial score (nSPS) is 19.5. The van der Waals surface area contributed by atoms with Crippen LogP contribution in [0.3, 0.4) is 0 Å². The van der Waals surface area contributed by atoms with Gasteiger partial charge in [0.15, 0.2) is 0 Å². The molecule has 142 valence electrons. The van der Waals surface area contributed by atoms with Crippen molar-refractivity contribution in [1.82, 2.24) is 14.9 Å². The molecule has 1 fully saturated rings. The molecule has 0 unspecified atom stereocenters. The quantitative estimate of drug-likeness (QED) is 0.656. The van der Waals surface area contributed by atoms with Crippen LogP contribution in [0.2, 0.25) is 0 Å². The van der Waals surface area contributed by atoms with Crippen LogP contribution in [0, 0.1) is 17.8 Å². The van der Waals surface area contributed by atoms with Crippen molar-refractivity contribution in [2.45, 2.75) is 45.8 Å². The van der Waals surface area contributed by atoms with Crippen molar-refractivity contribution in [1.29, 1.82) is 0 Å². The van der Waals surface area contributed by atoms with E-state index in [0.29, 0.717) is 12.5 Å². The van der Waals surface area contributed by atoms with Crippen molar-refractivity contribution in [2.75, 3.05) is 6.54 Å². The number of nitrogens with zero attached hydrogens (tertiary/aromatic N) is 2. The van der Waals surface area contributed by atoms with Crippen molar-refractivity contribution in [3.05, 3.63) is 52.0 Å². The molecule has 1 N–H and O–H groups in total. The van der Waals surface area contributed by atoms with Crippen molar-refractivity contribution in [2.24, 2.45) is 5.92 Å². The third kappa shape index (κ3) is 5.14. The summed E-state index contributed by atoms with van der Waals surface area (Å²) in [4.78, 5) is 22.1. The Kier molecular flexibility index (Phi) is 5.61. The summed E-state index contributed by atoms with van der Waals surface area (Å²) < 4.78 is 6.58. The van der Waals surface area contributed by atoms with Crippen molar-refractivity contribution in [3.8, 4) is 11.8 Å². The number of aromatic amines is 1. The fourth-order valence-electron chi connectivity index (χ4n) is 3.07. The molecule has 1 aromatic carbocycles. The van der Waals surface area contributed by atoms with Crippen LogP contribution in [0.1, 0.15) is 57.2 Å². The van der Waals surface area contributed by atoms with Gasteiger partial charge in [-0.15, -0.1) is 0 Å². The number of rotatable bonds is 1. The fraction of sp³-hybridized carbons (Fsp3) is 0.429. The molecule has 1 amide bonds. The molecule has 2 heterocycles. The Balaban J connectivity index is 1.76. The molecule has 2 atom stereocenters. The largest absolute Gasteiger partial charge is 0.444 e. The van der Waals surface area contributed by atoms with Gasteiger partial charge in [0.05, 0.1) is 12.2 Å². The van der Waals surface area contributed by atoms with Gasteiger partial charge < -0.3 is 9.72 Å². The highest BCUT2D eigenvalue weighted by Gasteiger charge is 2.38. The molecule has 0 saturated carbocycles. The van der Waals surface area contributed by atoms with Gasteiger partial charge >= 0.3 is 6.09 Å². The number of benzene rings is 1. The molecule has 5 nitrogen and oxygen atoms in total. The molecule has 1 aliphatic rings. The Labute approximate surface area is 168 Å². The van der Waals surface area contributed by atoms with Crippen LogP contribution in [0.4, 0.5) is 4.79 Å². The highest BCUT2D eigenvalue weighted by atomic mass is 79.9. The standard InChI is InChI=1S/C21H24BrN3O2/c1-14-11-18(25(13-14)20(26)27-21(2,3)4)19-23-12-17(24-19)10-7-15-5-8-16(22)9-6-15/h5-6,8-9,12,14,18H,11,13H2,1-4H3,(H,23,24)/t14-,18-/m0/s1. The monoisotopic (exact) mass is 429 g/mol. The second-order valence-corrected chi connectivity index (χ2v) is 8.84. The van der Waals surface area contributed by atoms with E-state index in [4.69, 9.17) is 4.74 Å². The third-order valence-electron chi connectivity index (χ3n) is 4.24. The molecular weight excluding hydrogens is 406 g/mol. The molecule has 2 aromatic rings. The minimum absolute atomic E-state index is 0.113. The van der Waals surface area contributed by atoms with Gasteiger partial charge in [-0.25, -0.2) is 9.78 Å². The van der Waals surface area contributed by atoms with Gasteiger partial charge in [0, 0.05) is 16.6 Å². The highest BCUT2D eigenvalue weighted by Crippen LogP contribution is 2.34. The third-order valence-corrected chi connectivity index (χ3v) is 4.76. The van der Waals surface area contributed by atoms with E-state index in [1.165, 1.54) is 0 Å². The average Bonchev–Trinajstić information content (AvgIpc) is 3.19. The maximum Gasteiger partial charge on any atom is 0.410 e. The molecule has 0 radical (unpaired) electrons. The minimum Gasteiger partial charge on any atom is -0.444 e. The second-order valence-electron chi connectivity index (χ2n) is 7.93. The average molecular weight is 430 g/mol. The zero-order valence-electron chi connectivity index (χ0n) is 16.0. The lowest BCUT2D eigenvalue weighted by molar-refractivity contribution is 0.0214. The zero-order chi connectivity index (χ0) is 19.6. The van der Waals surface area contributed by atoms with Crippen LogP contribution in [0.15, 0.2) is 34.9 Å². The molecule has 3 rings (SSSR count). The number of halogens is 1. The summed E-state index contributed by atoms with van der Waals surface area (Å²) >= 11 is 3.42. The predicted octanol–water partition coefficient (Wildman–Crippen LogP) is 4.89. The second kappa shape index (κ2) is 7.77. The lowest BCUT2D eigenvalue weighted by atomic mass is 10.1. The van der Waals surface area contributed by atoms with Gasteiger partial charge in [-0.1, -0.05) is 28.8 Å². The Bertz CT molecular complexity index is 871. The topological polar surface area (TPSA) is 58.2 Å². The Morgan fingerprint density at radius 2 is 2.00 bits per heavy atom. The summed E-state index contributed by atoms with van der Waals surface area (Å²) in [6.45, 7) is 8.43. The van der Waals surface area contributed by atoms with E-state index in [0.717, 1.165) is 28.0 Å². The molecular formula is C21H24BrN3O2. The number of ether oxygens (including phenoxy) is 1. The summed E-state index contributed by atoms with van der Waals surface area (Å²) in [6.07, 6.45) is 2.28. The van der Waals surface area contributed by atoms with Crippen molar-refractivity contribution < 1.29 is 9.53 Å². The lowest BCUT2D eigenvalue weighted by Gasteiger charge is -2.27. The Morgan fingerprint density at radius 1 is 1.30 bits per heavy atom. The number of carbonyl (C=O) groups excluding carboxylic acids is 1. The summed E-state index contributed by atoms with van der Waals surface area (Å²) in [7, 11) is 0. The maximum atomic E-state index is 12.6. The number of hydrogen-bond donors (Lipinski definition) is 1. The minimum atomic E-state index is -0.516. The number of amides is 1. The molecule has 1 aliphatic heterocycles. The fourth-order valence-corrected chi connectivity index (χ4v) is 3.33. The lowest BCUT2D eigenvalue weighted by Crippen LogP contribution is -2.37. The Hall–Kier alpha value is -2.26. The van der Waals surface area contributed by atoms with Crippen LogP contribution >= 0.6 is 15.9 Å². The summed E-state index contributed by atoms with van der Waals surface area (Å²) in [5.74, 6) is 7.37. The summed E-state index contributed by atoms with van der Waals surface area (Å²) in [5.41, 5.74) is 1.15. The first-order valence-electron chi connectivity index (χ1n) is 9.03. The highest BCUT2D eigenvalue weighted by molar-refractivity contribution is 9.10. The SMILES string of the molecule is C[C@H]1C[C@@H](c2ncc(C#Cc3ccc(Br)cc3)[nH]2)N(C(=O)OC(C)(C)C)C1. The first kappa shape index (κ1) is 19.5. The number of nitrogens with one attached hydrogen (secondary N) is 1. The van der Waals surface area contributed by atoms with Crippen LogP contribution in [0.5, 0.6) is 0 Å². The first-order chi connectivity index (χ1) is 12.7. The van der Waals surface area contributed by atoms with Crippen molar-refractivity contribution in [3.63, 3.8) is 0 Å². The van der Waals surface area contributed by atoms with E-state index in [-0.39, 0.29) is 12.1 Å². The first-order valence-corrected chi connectivity index (χ1v) is 9.83. The van der Waals surface area contributed by atoms with E-state index in [1.807, 2.05) is 45.0 Å². The maximum absolute atomic E-state index is 12.6. The molecule has 0 spiro atoms. The molecule has 1 aromatic heterocycles. The van der Waals surface area contributed by atoms with E-state index in [2.05, 4.69) is 44.7 Å².